The number of hydrogen-bond acceptors (Lipinski definition) is 4. The number of carbonyl (C=O) groups is 1. The third-order valence-electron chi connectivity index (χ3n) is 6.06. The third kappa shape index (κ3) is 4.05. The minimum absolute atomic E-state index is 0.138. The van der Waals surface area contributed by atoms with Gasteiger partial charge in [-0.05, 0) is 48.5 Å². The number of imidazole rings is 1. The van der Waals surface area contributed by atoms with Crippen LogP contribution >= 0.6 is 0 Å². The first-order valence-electron chi connectivity index (χ1n) is 10.8. The normalized spacial score (nSPS) is 14.6. The molecule has 0 saturated carbocycles. The van der Waals surface area contributed by atoms with Crippen LogP contribution in [0.25, 0.3) is 16.9 Å². The second kappa shape index (κ2) is 8.40. The molecule has 3 heterocycles. The molecule has 0 unspecified atom stereocenters. The highest BCUT2D eigenvalue weighted by molar-refractivity contribution is 6.00. The van der Waals surface area contributed by atoms with Crippen LogP contribution in [0, 0.1) is 0 Å². The number of aromatic hydroxyl groups is 1. The van der Waals surface area contributed by atoms with Gasteiger partial charge in [0.15, 0.2) is 0 Å². The Balaban J connectivity index is 1.36. The van der Waals surface area contributed by atoms with Gasteiger partial charge in [-0.3, -0.25) is 9.20 Å². The van der Waals surface area contributed by atoms with Crippen LogP contribution in [0.3, 0.4) is 0 Å². The largest absolute Gasteiger partial charge is 0.508 e. The molecule has 34 heavy (non-hydrogen) atoms. The highest BCUT2D eigenvalue weighted by atomic mass is 19.4. The van der Waals surface area contributed by atoms with E-state index in [1.54, 1.807) is 46.0 Å². The Morgan fingerprint density at radius 2 is 1.59 bits per heavy atom. The zero-order valence-corrected chi connectivity index (χ0v) is 18.0. The lowest BCUT2D eigenvalue weighted by atomic mass is 10.1. The number of phenolic OH excluding ortho intramolecular Hbond substituents is 1. The summed E-state index contributed by atoms with van der Waals surface area (Å²) in [7, 11) is 0. The molecule has 174 valence electrons. The third-order valence-corrected chi connectivity index (χ3v) is 6.06. The van der Waals surface area contributed by atoms with Gasteiger partial charge in [-0.1, -0.05) is 12.1 Å². The van der Waals surface area contributed by atoms with Crippen molar-refractivity contribution in [2.24, 2.45) is 0 Å². The van der Waals surface area contributed by atoms with Crippen molar-refractivity contribution in [3.63, 3.8) is 0 Å². The lowest BCUT2D eigenvalue weighted by Gasteiger charge is -2.36. The molecule has 0 bridgehead atoms. The van der Waals surface area contributed by atoms with Crippen molar-refractivity contribution >= 4 is 17.2 Å². The number of carbonyl (C=O) groups excluding carboxylic acids is 1. The number of alkyl halides is 3. The molecule has 4 aromatic rings. The van der Waals surface area contributed by atoms with Gasteiger partial charge in [0, 0.05) is 43.6 Å². The average Bonchev–Trinajstić information content (AvgIpc) is 3.28. The van der Waals surface area contributed by atoms with Crippen molar-refractivity contribution in [2.45, 2.75) is 6.18 Å². The zero-order valence-electron chi connectivity index (χ0n) is 18.0. The molecular weight excluding hydrogens is 445 g/mol. The maximum Gasteiger partial charge on any atom is 0.416 e. The number of amides is 1. The Labute approximate surface area is 193 Å². The van der Waals surface area contributed by atoms with Crippen LogP contribution in [0.1, 0.15) is 15.9 Å². The fourth-order valence-corrected chi connectivity index (χ4v) is 4.22. The summed E-state index contributed by atoms with van der Waals surface area (Å²) >= 11 is 0. The molecule has 6 nitrogen and oxygen atoms in total. The van der Waals surface area contributed by atoms with Gasteiger partial charge in [-0.15, -0.1) is 0 Å². The number of hydrogen-bond donors (Lipinski definition) is 1. The van der Waals surface area contributed by atoms with Gasteiger partial charge in [-0.25, -0.2) is 4.98 Å². The van der Waals surface area contributed by atoms with Crippen molar-refractivity contribution in [2.75, 3.05) is 31.1 Å². The number of phenols is 1. The van der Waals surface area contributed by atoms with Gasteiger partial charge >= 0.3 is 6.18 Å². The highest BCUT2D eigenvalue weighted by Crippen LogP contribution is 2.31. The summed E-state index contributed by atoms with van der Waals surface area (Å²) in [6.45, 7) is 2.39. The SMILES string of the molecule is O=C(c1cccn2c(-c3ccc(C(F)(F)F)cc3)cnc12)N1CCN(c2ccc(O)cc2)CC1. The minimum Gasteiger partial charge on any atom is -0.508 e. The Kier molecular flexibility index (Phi) is 5.39. The molecule has 2 aromatic heterocycles. The predicted octanol–water partition coefficient (Wildman–Crippen LogP) is 4.69. The van der Waals surface area contributed by atoms with E-state index in [4.69, 9.17) is 0 Å². The summed E-state index contributed by atoms with van der Waals surface area (Å²) in [5.74, 6) is 0.0709. The zero-order chi connectivity index (χ0) is 23.9. The van der Waals surface area contributed by atoms with Crippen molar-refractivity contribution in [1.82, 2.24) is 14.3 Å². The smallest absolute Gasteiger partial charge is 0.416 e. The number of piperazine rings is 1. The van der Waals surface area contributed by atoms with Gasteiger partial charge in [0.25, 0.3) is 5.91 Å². The van der Waals surface area contributed by atoms with Crippen LogP contribution < -0.4 is 4.90 Å². The van der Waals surface area contributed by atoms with Crippen molar-refractivity contribution in [1.29, 1.82) is 0 Å². The van der Waals surface area contributed by atoms with E-state index in [1.807, 2.05) is 12.1 Å². The number of anilines is 1. The molecule has 0 spiro atoms. The van der Waals surface area contributed by atoms with E-state index in [0.717, 1.165) is 17.8 Å². The number of fused-ring (bicyclic) bond motifs is 1. The van der Waals surface area contributed by atoms with E-state index >= 15 is 0 Å². The topological polar surface area (TPSA) is 61.1 Å². The molecule has 0 atom stereocenters. The molecule has 1 aliphatic rings. The maximum atomic E-state index is 13.3. The second-order valence-electron chi connectivity index (χ2n) is 8.13. The Morgan fingerprint density at radius 1 is 0.912 bits per heavy atom. The van der Waals surface area contributed by atoms with Crippen molar-refractivity contribution < 1.29 is 23.1 Å². The fraction of sp³-hybridized carbons (Fsp3) is 0.200. The number of pyridine rings is 1. The lowest BCUT2D eigenvalue weighted by Crippen LogP contribution is -2.48. The molecule has 1 aliphatic heterocycles. The van der Waals surface area contributed by atoms with E-state index in [9.17, 15) is 23.1 Å². The quantitative estimate of drug-likeness (QED) is 0.476. The molecule has 5 rings (SSSR count). The molecule has 1 fully saturated rings. The van der Waals surface area contributed by atoms with E-state index in [2.05, 4.69) is 9.88 Å². The summed E-state index contributed by atoms with van der Waals surface area (Å²) in [5, 5.41) is 9.48. The number of nitrogens with zero attached hydrogens (tertiary/aromatic N) is 4. The van der Waals surface area contributed by atoms with E-state index in [1.165, 1.54) is 12.1 Å². The van der Waals surface area contributed by atoms with E-state index in [-0.39, 0.29) is 11.7 Å². The summed E-state index contributed by atoms with van der Waals surface area (Å²) < 4.78 is 40.4. The van der Waals surface area contributed by atoms with E-state index in [0.29, 0.717) is 48.6 Å². The second-order valence-corrected chi connectivity index (χ2v) is 8.13. The Morgan fingerprint density at radius 3 is 2.24 bits per heavy atom. The fourth-order valence-electron chi connectivity index (χ4n) is 4.22. The standard InChI is InChI=1S/C25H21F3N4O2/c26-25(27,28)18-5-3-17(4-6-18)22-16-29-23-21(2-1-11-32(22)23)24(34)31-14-12-30(13-15-31)19-7-9-20(33)10-8-19/h1-11,16,33H,12-15H2. The molecule has 1 N–H and O–H groups in total. The van der Waals surface area contributed by atoms with Crippen molar-refractivity contribution in [3.05, 3.63) is 84.2 Å². The molecular formula is C25H21F3N4O2. The van der Waals surface area contributed by atoms with Crippen LogP contribution in [0.4, 0.5) is 18.9 Å². The monoisotopic (exact) mass is 466 g/mol. The minimum atomic E-state index is -4.40. The first-order chi connectivity index (χ1) is 16.3. The van der Waals surface area contributed by atoms with Crippen molar-refractivity contribution in [3.8, 4) is 17.0 Å². The number of rotatable bonds is 3. The van der Waals surface area contributed by atoms with Crippen LogP contribution in [0.5, 0.6) is 5.75 Å². The lowest BCUT2D eigenvalue weighted by molar-refractivity contribution is -0.137. The van der Waals surface area contributed by atoms with Crippen LogP contribution in [0.15, 0.2) is 73.1 Å². The average molecular weight is 466 g/mol. The first-order valence-corrected chi connectivity index (χ1v) is 10.8. The van der Waals surface area contributed by atoms with Crippen LogP contribution in [-0.4, -0.2) is 51.5 Å². The highest BCUT2D eigenvalue weighted by Gasteiger charge is 2.30. The molecule has 0 aliphatic carbocycles. The maximum absolute atomic E-state index is 13.3. The van der Waals surface area contributed by atoms with Crippen LogP contribution in [0.2, 0.25) is 0 Å². The van der Waals surface area contributed by atoms with Gasteiger partial charge in [0.2, 0.25) is 0 Å². The van der Waals surface area contributed by atoms with Crippen LogP contribution in [-0.2, 0) is 6.18 Å². The Hall–Kier alpha value is -4.01. The molecule has 9 heteroatoms. The predicted molar refractivity (Wildman–Crippen MR) is 122 cm³/mol. The summed E-state index contributed by atoms with van der Waals surface area (Å²) in [5.41, 5.74) is 2.36. The van der Waals surface area contributed by atoms with Gasteiger partial charge in [0.1, 0.15) is 11.4 Å². The molecule has 1 amide bonds. The first kappa shape index (κ1) is 21.8. The molecule has 1 saturated heterocycles. The summed E-state index contributed by atoms with van der Waals surface area (Å²) in [6, 6.07) is 15.3. The van der Waals surface area contributed by atoms with Gasteiger partial charge < -0.3 is 14.9 Å². The Bertz CT molecular complexity index is 1320. The van der Waals surface area contributed by atoms with Gasteiger partial charge in [0.05, 0.1) is 23.0 Å². The number of benzene rings is 2. The number of halogens is 3. The summed E-state index contributed by atoms with van der Waals surface area (Å²) in [6.07, 6.45) is -1.09. The summed E-state index contributed by atoms with van der Waals surface area (Å²) in [4.78, 5) is 21.6. The van der Waals surface area contributed by atoms with Gasteiger partial charge in [-0.2, -0.15) is 13.2 Å². The number of aromatic nitrogens is 2. The molecule has 0 radical (unpaired) electrons. The molecule has 2 aromatic carbocycles. The van der Waals surface area contributed by atoms with E-state index < -0.39 is 11.7 Å².